The maximum atomic E-state index is 13.1. The van der Waals surface area contributed by atoms with Crippen LogP contribution in [0.25, 0.3) is 11.1 Å². The molecule has 186 valence electrons. The summed E-state index contributed by atoms with van der Waals surface area (Å²) in [5.41, 5.74) is 1.55. The largest absolute Gasteiger partial charge is 0.423 e. The molecule has 9 heteroatoms. The van der Waals surface area contributed by atoms with E-state index in [9.17, 15) is 9.59 Å². The molecule has 2 aliphatic heterocycles. The van der Waals surface area contributed by atoms with Gasteiger partial charge in [-0.15, -0.1) is 0 Å². The van der Waals surface area contributed by atoms with Gasteiger partial charge < -0.3 is 24.9 Å². The van der Waals surface area contributed by atoms with Crippen LogP contribution in [0, 0.1) is 0 Å². The highest BCUT2D eigenvalue weighted by Gasteiger charge is 2.34. The summed E-state index contributed by atoms with van der Waals surface area (Å²) in [5, 5.41) is 6.13. The number of rotatable bonds is 6. The van der Waals surface area contributed by atoms with Crippen molar-refractivity contribution in [3.05, 3.63) is 24.3 Å². The number of benzene rings is 1. The van der Waals surface area contributed by atoms with Gasteiger partial charge in [0.25, 0.3) is 6.01 Å². The van der Waals surface area contributed by atoms with Gasteiger partial charge in [0, 0.05) is 50.8 Å². The fourth-order valence-electron chi connectivity index (χ4n) is 5.14. The number of hydrogen-bond acceptors (Lipinski definition) is 6. The van der Waals surface area contributed by atoms with E-state index >= 15 is 0 Å². The Kier molecular flexibility index (Phi) is 7.60. The third-order valence-corrected chi connectivity index (χ3v) is 6.80. The minimum atomic E-state index is -0.270. The first-order valence-corrected chi connectivity index (χ1v) is 12.5. The first-order chi connectivity index (χ1) is 16.3. The highest BCUT2D eigenvalue weighted by molar-refractivity contribution is 5.85. The lowest BCUT2D eigenvalue weighted by Gasteiger charge is -2.44. The summed E-state index contributed by atoms with van der Waals surface area (Å²) in [4.78, 5) is 36.4. The Morgan fingerprint density at radius 1 is 1.15 bits per heavy atom. The molecule has 3 heterocycles. The average Bonchev–Trinajstić information content (AvgIpc) is 3.24. The van der Waals surface area contributed by atoms with E-state index in [1.165, 1.54) is 0 Å². The van der Waals surface area contributed by atoms with E-state index in [-0.39, 0.29) is 36.1 Å². The van der Waals surface area contributed by atoms with Gasteiger partial charge in [-0.1, -0.05) is 12.1 Å². The Morgan fingerprint density at radius 3 is 2.59 bits per heavy atom. The highest BCUT2D eigenvalue weighted by Crippen LogP contribution is 2.27. The third kappa shape index (κ3) is 5.46. The topological polar surface area (TPSA) is 94.0 Å². The zero-order valence-electron chi connectivity index (χ0n) is 20.8. The van der Waals surface area contributed by atoms with Crippen molar-refractivity contribution in [1.29, 1.82) is 0 Å². The molecule has 0 spiro atoms. The predicted octanol–water partition coefficient (Wildman–Crippen LogP) is 2.82. The number of piperazine rings is 1. The SMILES string of the molecule is CC(C)NC(=O)N1CC(C)N(CCNC(=O)C2CCCCN2c2nc3ccccc3o2)C(C)C1. The van der Waals surface area contributed by atoms with Gasteiger partial charge in [0.2, 0.25) is 5.91 Å². The van der Waals surface area contributed by atoms with E-state index in [1.807, 2.05) is 47.9 Å². The Hall–Kier alpha value is -2.81. The van der Waals surface area contributed by atoms with Gasteiger partial charge in [0.1, 0.15) is 11.6 Å². The Labute approximate surface area is 201 Å². The van der Waals surface area contributed by atoms with Gasteiger partial charge in [-0.05, 0) is 59.1 Å². The molecule has 0 aliphatic carbocycles. The van der Waals surface area contributed by atoms with Crippen molar-refractivity contribution < 1.29 is 14.0 Å². The van der Waals surface area contributed by atoms with Crippen molar-refractivity contribution in [2.45, 2.75) is 71.1 Å². The van der Waals surface area contributed by atoms with Gasteiger partial charge in [-0.2, -0.15) is 4.98 Å². The molecule has 1 aromatic heterocycles. The molecule has 0 bridgehead atoms. The predicted molar refractivity (Wildman–Crippen MR) is 133 cm³/mol. The summed E-state index contributed by atoms with van der Waals surface area (Å²) in [6, 6.07) is 8.53. The molecule has 1 aromatic carbocycles. The quantitative estimate of drug-likeness (QED) is 0.674. The van der Waals surface area contributed by atoms with Crippen LogP contribution in [-0.4, -0.2) is 83.6 Å². The summed E-state index contributed by atoms with van der Waals surface area (Å²) < 4.78 is 5.96. The van der Waals surface area contributed by atoms with Crippen molar-refractivity contribution in [3.63, 3.8) is 0 Å². The van der Waals surface area contributed by atoms with Crippen molar-refractivity contribution >= 4 is 29.1 Å². The highest BCUT2D eigenvalue weighted by atomic mass is 16.4. The zero-order valence-corrected chi connectivity index (χ0v) is 20.8. The molecule has 2 N–H and O–H groups in total. The van der Waals surface area contributed by atoms with Gasteiger partial charge in [-0.3, -0.25) is 9.69 Å². The van der Waals surface area contributed by atoms with Crippen LogP contribution in [0.5, 0.6) is 0 Å². The van der Waals surface area contributed by atoms with Crippen LogP contribution in [0.15, 0.2) is 28.7 Å². The van der Waals surface area contributed by atoms with Crippen LogP contribution < -0.4 is 15.5 Å². The van der Waals surface area contributed by atoms with E-state index in [2.05, 4.69) is 34.4 Å². The smallest absolute Gasteiger partial charge is 0.317 e. The molecule has 3 amide bonds. The normalized spacial score (nSPS) is 24.0. The number of carbonyl (C=O) groups is 2. The van der Waals surface area contributed by atoms with E-state index < -0.39 is 0 Å². The molecular weight excluding hydrogens is 432 g/mol. The fourth-order valence-corrected chi connectivity index (χ4v) is 5.14. The number of hydrogen-bond donors (Lipinski definition) is 2. The number of piperidine rings is 1. The second-order valence-corrected chi connectivity index (χ2v) is 9.91. The lowest BCUT2D eigenvalue weighted by molar-refractivity contribution is -0.123. The lowest BCUT2D eigenvalue weighted by atomic mass is 10.0. The first kappa shape index (κ1) is 24.3. The van der Waals surface area contributed by atoms with Gasteiger partial charge in [0.15, 0.2) is 5.58 Å². The number of nitrogens with one attached hydrogen (secondary N) is 2. The van der Waals surface area contributed by atoms with Crippen LogP contribution in [0.1, 0.15) is 47.0 Å². The molecule has 0 radical (unpaired) electrons. The summed E-state index contributed by atoms with van der Waals surface area (Å²) >= 11 is 0. The number of carbonyl (C=O) groups excluding carboxylic acids is 2. The maximum absolute atomic E-state index is 13.1. The van der Waals surface area contributed by atoms with Crippen LogP contribution >= 0.6 is 0 Å². The van der Waals surface area contributed by atoms with Crippen molar-refractivity contribution in [2.24, 2.45) is 0 Å². The van der Waals surface area contributed by atoms with E-state index in [4.69, 9.17) is 4.42 Å². The fraction of sp³-hybridized carbons (Fsp3) is 0.640. The Balaban J connectivity index is 1.31. The van der Waals surface area contributed by atoms with Gasteiger partial charge in [0.05, 0.1) is 0 Å². The minimum Gasteiger partial charge on any atom is -0.423 e. The maximum Gasteiger partial charge on any atom is 0.317 e. The number of oxazole rings is 1. The van der Waals surface area contributed by atoms with E-state index in [0.29, 0.717) is 25.6 Å². The number of urea groups is 1. The molecular formula is C25H38N6O3. The summed E-state index contributed by atoms with van der Waals surface area (Å²) in [7, 11) is 0. The molecule has 4 rings (SSSR count). The van der Waals surface area contributed by atoms with Crippen LogP contribution in [0.2, 0.25) is 0 Å². The number of aromatic nitrogens is 1. The van der Waals surface area contributed by atoms with Crippen LogP contribution in [-0.2, 0) is 4.79 Å². The summed E-state index contributed by atoms with van der Waals surface area (Å²) in [6.45, 7) is 11.7. The molecule has 2 saturated heterocycles. The summed E-state index contributed by atoms with van der Waals surface area (Å²) in [5.74, 6) is 0.0252. The Bertz CT molecular complexity index is 947. The zero-order chi connectivity index (χ0) is 24.2. The first-order valence-electron chi connectivity index (χ1n) is 12.5. The number of amides is 3. The lowest BCUT2D eigenvalue weighted by Crippen LogP contribution is -2.61. The standard InChI is InChI=1S/C25H38N6O3/c1-17(2)27-24(33)29-15-18(3)30(19(4)16-29)14-12-26-23(32)21-10-7-8-13-31(21)25-28-20-9-5-6-11-22(20)34-25/h5-6,9,11,17-19,21H,7-8,10,12-16H2,1-4H3,(H,26,32)(H,27,33). The monoisotopic (exact) mass is 470 g/mol. The number of nitrogens with zero attached hydrogens (tertiary/aromatic N) is 4. The molecule has 9 nitrogen and oxygen atoms in total. The summed E-state index contributed by atoms with van der Waals surface area (Å²) in [6.07, 6.45) is 2.83. The molecule has 34 heavy (non-hydrogen) atoms. The minimum absolute atomic E-state index is 0.00163. The molecule has 2 fully saturated rings. The van der Waals surface area contributed by atoms with Crippen LogP contribution in [0.3, 0.4) is 0 Å². The second kappa shape index (κ2) is 10.6. The van der Waals surface area contributed by atoms with Crippen molar-refractivity contribution in [2.75, 3.05) is 37.6 Å². The van der Waals surface area contributed by atoms with Crippen LogP contribution in [0.4, 0.5) is 10.8 Å². The molecule has 0 saturated carbocycles. The Morgan fingerprint density at radius 2 is 1.88 bits per heavy atom. The number of anilines is 1. The van der Waals surface area contributed by atoms with E-state index in [0.717, 1.165) is 43.5 Å². The van der Waals surface area contributed by atoms with Crippen molar-refractivity contribution in [3.8, 4) is 0 Å². The average molecular weight is 471 g/mol. The number of fused-ring (bicyclic) bond motifs is 1. The third-order valence-electron chi connectivity index (χ3n) is 6.80. The second-order valence-electron chi connectivity index (χ2n) is 9.91. The molecule has 3 unspecified atom stereocenters. The molecule has 2 aromatic rings. The van der Waals surface area contributed by atoms with E-state index in [1.54, 1.807) is 0 Å². The number of para-hydroxylation sites is 2. The molecule has 3 atom stereocenters. The molecule has 2 aliphatic rings. The van der Waals surface area contributed by atoms with Crippen molar-refractivity contribution in [1.82, 2.24) is 25.4 Å². The van der Waals surface area contributed by atoms with Gasteiger partial charge >= 0.3 is 6.03 Å². The van der Waals surface area contributed by atoms with Gasteiger partial charge in [-0.25, -0.2) is 4.79 Å².